The van der Waals surface area contributed by atoms with Crippen LogP contribution in [0.15, 0.2) is 30.9 Å². The summed E-state index contributed by atoms with van der Waals surface area (Å²) in [5, 5.41) is 0. The molecule has 1 aliphatic heterocycles. The van der Waals surface area contributed by atoms with E-state index in [-0.39, 0.29) is 6.09 Å². The maximum absolute atomic E-state index is 11.8. The van der Waals surface area contributed by atoms with E-state index in [0.717, 1.165) is 30.2 Å². The normalized spacial score (nSPS) is 13.2. The smallest absolute Gasteiger partial charge is 0.413 e. The van der Waals surface area contributed by atoms with Gasteiger partial charge in [0.25, 0.3) is 0 Å². The second-order valence-electron chi connectivity index (χ2n) is 4.45. The molecule has 1 heterocycles. The maximum Gasteiger partial charge on any atom is 0.413 e. The van der Waals surface area contributed by atoms with Crippen molar-refractivity contribution in [1.29, 1.82) is 0 Å². The van der Waals surface area contributed by atoms with Crippen molar-refractivity contribution in [2.45, 2.75) is 6.92 Å². The Labute approximate surface area is 119 Å². The van der Waals surface area contributed by atoms with Gasteiger partial charge in [-0.15, -0.1) is 6.58 Å². The van der Waals surface area contributed by atoms with Crippen LogP contribution in [0, 0.1) is 0 Å². The summed E-state index contributed by atoms with van der Waals surface area (Å²) in [5.74, 6) is 0.836. The Morgan fingerprint density at radius 2 is 2.40 bits per heavy atom. The Bertz CT molecular complexity index is 502. The highest BCUT2D eigenvalue weighted by atomic mass is 16.5. The van der Waals surface area contributed by atoms with E-state index in [2.05, 4.69) is 11.5 Å². The molecule has 1 aliphatic rings. The second-order valence-corrected chi connectivity index (χ2v) is 4.45. The summed E-state index contributed by atoms with van der Waals surface area (Å²) in [6, 6.07) is 5.72. The summed E-state index contributed by atoms with van der Waals surface area (Å²) >= 11 is 0. The van der Waals surface area contributed by atoms with Crippen molar-refractivity contribution in [3.8, 4) is 5.75 Å². The fraction of sp³-hybridized carbons (Fsp3) is 0.400. The van der Waals surface area contributed by atoms with Gasteiger partial charge in [0.1, 0.15) is 12.4 Å². The molecule has 0 atom stereocenters. The van der Waals surface area contributed by atoms with Crippen molar-refractivity contribution in [3.05, 3.63) is 30.9 Å². The molecule has 20 heavy (non-hydrogen) atoms. The molecule has 1 aromatic carbocycles. The number of fused-ring (bicyclic) bond motifs is 1. The van der Waals surface area contributed by atoms with Gasteiger partial charge < -0.3 is 14.4 Å². The van der Waals surface area contributed by atoms with E-state index in [4.69, 9.17) is 9.47 Å². The molecule has 0 unspecified atom stereocenters. The van der Waals surface area contributed by atoms with Crippen LogP contribution >= 0.6 is 0 Å². The summed E-state index contributed by atoms with van der Waals surface area (Å²) in [6.45, 7) is 8.46. The van der Waals surface area contributed by atoms with E-state index >= 15 is 0 Å². The number of benzene rings is 1. The van der Waals surface area contributed by atoms with Gasteiger partial charge in [0.15, 0.2) is 0 Å². The van der Waals surface area contributed by atoms with Crippen molar-refractivity contribution < 1.29 is 14.3 Å². The first-order valence-corrected chi connectivity index (χ1v) is 6.69. The molecule has 1 amide bonds. The first-order valence-electron chi connectivity index (χ1n) is 6.69. The predicted molar refractivity (Wildman–Crippen MR) is 79.8 cm³/mol. The van der Waals surface area contributed by atoms with E-state index in [1.54, 1.807) is 4.90 Å². The second kappa shape index (κ2) is 6.32. The van der Waals surface area contributed by atoms with E-state index < -0.39 is 0 Å². The number of hydrogen-bond acceptors (Lipinski definition) is 4. The topological polar surface area (TPSA) is 42.0 Å². The standard InChI is InChI=1S/C15H20N2O3/c1-4-8-16-9-10-20-14-7-6-12(11-13(14)16)17(5-2)15(18)19-3/h4,6-7,11H,1,5,8-10H2,2-3H3. The van der Waals surface area contributed by atoms with Crippen LogP contribution in [0.5, 0.6) is 5.75 Å². The molecule has 1 aromatic rings. The summed E-state index contributed by atoms with van der Waals surface area (Å²) in [5.41, 5.74) is 1.79. The molecule has 2 rings (SSSR count). The van der Waals surface area contributed by atoms with E-state index in [1.165, 1.54) is 7.11 Å². The van der Waals surface area contributed by atoms with Crippen molar-refractivity contribution in [3.63, 3.8) is 0 Å². The number of carbonyl (C=O) groups is 1. The number of nitrogens with zero attached hydrogens (tertiary/aromatic N) is 2. The molecule has 0 aliphatic carbocycles. The quantitative estimate of drug-likeness (QED) is 0.793. The number of ether oxygens (including phenoxy) is 2. The van der Waals surface area contributed by atoms with Gasteiger partial charge in [0.2, 0.25) is 0 Å². The lowest BCUT2D eigenvalue weighted by Gasteiger charge is -2.31. The van der Waals surface area contributed by atoms with Crippen molar-refractivity contribution in [2.75, 3.05) is 43.2 Å². The summed E-state index contributed by atoms with van der Waals surface area (Å²) < 4.78 is 10.4. The molecular formula is C15H20N2O3. The largest absolute Gasteiger partial charge is 0.490 e. The minimum absolute atomic E-state index is 0.362. The van der Waals surface area contributed by atoms with Gasteiger partial charge >= 0.3 is 6.09 Å². The van der Waals surface area contributed by atoms with Crippen molar-refractivity contribution in [2.24, 2.45) is 0 Å². The molecule has 0 spiro atoms. The minimum Gasteiger partial charge on any atom is -0.490 e. The van der Waals surface area contributed by atoms with Crippen LogP contribution in [0.25, 0.3) is 0 Å². The molecule has 108 valence electrons. The van der Waals surface area contributed by atoms with E-state index in [0.29, 0.717) is 13.2 Å². The Hall–Kier alpha value is -2.17. The van der Waals surface area contributed by atoms with Gasteiger partial charge in [0.05, 0.1) is 19.3 Å². The average Bonchev–Trinajstić information content (AvgIpc) is 2.48. The predicted octanol–water partition coefficient (Wildman–Crippen LogP) is 2.66. The Balaban J connectivity index is 2.35. The maximum atomic E-state index is 11.8. The fourth-order valence-corrected chi connectivity index (χ4v) is 2.30. The third-order valence-electron chi connectivity index (χ3n) is 3.27. The third kappa shape index (κ3) is 2.71. The van der Waals surface area contributed by atoms with Crippen LogP contribution in [0.3, 0.4) is 0 Å². The van der Waals surface area contributed by atoms with Gasteiger partial charge in [-0.05, 0) is 25.1 Å². The SMILES string of the molecule is C=CCN1CCOc2ccc(N(CC)C(=O)OC)cc21. The number of methoxy groups -OCH3 is 1. The Morgan fingerprint density at radius 3 is 3.05 bits per heavy atom. The highest BCUT2D eigenvalue weighted by Crippen LogP contribution is 2.35. The lowest BCUT2D eigenvalue weighted by molar-refractivity contribution is 0.179. The van der Waals surface area contributed by atoms with Crippen LogP contribution < -0.4 is 14.5 Å². The van der Waals surface area contributed by atoms with Crippen LogP contribution in [-0.2, 0) is 4.74 Å². The zero-order valence-electron chi connectivity index (χ0n) is 12.0. The minimum atomic E-state index is -0.362. The summed E-state index contributed by atoms with van der Waals surface area (Å²) in [6.07, 6.45) is 1.50. The van der Waals surface area contributed by atoms with E-state index in [1.807, 2.05) is 31.2 Å². The van der Waals surface area contributed by atoms with Gasteiger partial charge in [-0.1, -0.05) is 6.08 Å². The number of anilines is 2. The molecule has 5 nitrogen and oxygen atoms in total. The molecule has 0 aromatic heterocycles. The number of carbonyl (C=O) groups excluding carboxylic acids is 1. The molecule has 0 fully saturated rings. The van der Waals surface area contributed by atoms with Crippen molar-refractivity contribution >= 4 is 17.5 Å². The highest BCUT2D eigenvalue weighted by molar-refractivity contribution is 5.88. The Morgan fingerprint density at radius 1 is 1.60 bits per heavy atom. The van der Waals surface area contributed by atoms with E-state index in [9.17, 15) is 4.79 Å². The molecule has 0 saturated heterocycles. The number of amides is 1. The van der Waals surface area contributed by atoms with Gasteiger partial charge in [0, 0.05) is 18.8 Å². The molecule has 0 bridgehead atoms. The zero-order chi connectivity index (χ0) is 14.5. The lowest BCUT2D eigenvalue weighted by atomic mass is 10.2. The first-order chi connectivity index (χ1) is 9.71. The molecule has 0 N–H and O–H groups in total. The first kappa shape index (κ1) is 14.2. The average molecular weight is 276 g/mol. The summed E-state index contributed by atoms with van der Waals surface area (Å²) in [4.78, 5) is 15.5. The van der Waals surface area contributed by atoms with Gasteiger partial charge in [-0.3, -0.25) is 4.90 Å². The number of hydrogen-bond donors (Lipinski definition) is 0. The van der Waals surface area contributed by atoms with Crippen LogP contribution in [0.2, 0.25) is 0 Å². The van der Waals surface area contributed by atoms with Crippen LogP contribution in [0.1, 0.15) is 6.92 Å². The van der Waals surface area contributed by atoms with Gasteiger partial charge in [-0.2, -0.15) is 0 Å². The molecular weight excluding hydrogens is 256 g/mol. The fourth-order valence-electron chi connectivity index (χ4n) is 2.30. The monoisotopic (exact) mass is 276 g/mol. The zero-order valence-corrected chi connectivity index (χ0v) is 12.0. The summed E-state index contributed by atoms with van der Waals surface area (Å²) in [7, 11) is 1.39. The van der Waals surface area contributed by atoms with Crippen LogP contribution in [-0.4, -0.2) is 39.4 Å². The highest BCUT2D eigenvalue weighted by Gasteiger charge is 2.21. The Kier molecular flexibility index (Phi) is 4.50. The van der Waals surface area contributed by atoms with Gasteiger partial charge in [-0.25, -0.2) is 4.79 Å². The lowest BCUT2D eigenvalue weighted by Crippen LogP contribution is -2.34. The molecule has 5 heteroatoms. The number of rotatable bonds is 4. The molecule has 0 radical (unpaired) electrons. The van der Waals surface area contributed by atoms with Crippen LogP contribution in [0.4, 0.5) is 16.2 Å². The van der Waals surface area contributed by atoms with Crippen molar-refractivity contribution in [1.82, 2.24) is 0 Å². The third-order valence-corrected chi connectivity index (χ3v) is 3.27. The molecule has 0 saturated carbocycles.